The lowest BCUT2D eigenvalue weighted by Gasteiger charge is -2.37. The van der Waals surface area contributed by atoms with Crippen LogP contribution in [0.5, 0.6) is 11.5 Å². The molecule has 6 nitrogen and oxygen atoms in total. The first-order chi connectivity index (χ1) is 13.6. The van der Waals surface area contributed by atoms with Crippen molar-refractivity contribution in [2.75, 3.05) is 20.8 Å². The van der Waals surface area contributed by atoms with Gasteiger partial charge in [0.05, 0.1) is 25.8 Å². The van der Waals surface area contributed by atoms with Crippen LogP contribution in [0.4, 0.5) is 0 Å². The first-order valence-electron chi connectivity index (χ1n) is 8.90. The van der Waals surface area contributed by atoms with Gasteiger partial charge in [0, 0.05) is 23.6 Å². The van der Waals surface area contributed by atoms with Gasteiger partial charge in [-0.05, 0) is 41.1 Å². The minimum atomic E-state index is -0.212. The van der Waals surface area contributed by atoms with Gasteiger partial charge in [0.2, 0.25) is 0 Å². The van der Waals surface area contributed by atoms with Gasteiger partial charge in [-0.1, -0.05) is 6.07 Å². The second-order valence-electron chi connectivity index (χ2n) is 6.52. The molecule has 3 aromatic rings. The van der Waals surface area contributed by atoms with E-state index in [-0.39, 0.29) is 11.9 Å². The minimum absolute atomic E-state index is 0.0977. The lowest BCUT2D eigenvalue weighted by Crippen LogP contribution is -2.40. The minimum Gasteiger partial charge on any atom is -0.619 e. The Balaban J connectivity index is 1.81. The monoisotopic (exact) mass is 396 g/mol. The van der Waals surface area contributed by atoms with E-state index in [0.717, 1.165) is 22.4 Å². The van der Waals surface area contributed by atoms with Crippen molar-refractivity contribution in [1.82, 2.24) is 4.90 Å². The van der Waals surface area contributed by atoms with Crippen LogP contribution < -0.4 is 14.2 Å². The Morgan fingerprint density at radius 3 is 2.54 bits per heavy atom. The molecule has 0 saturated heterocycles. The quantitative estimate of drug-likeness (QED) is 0.502. The molecule has 1 aliphatic rings. The van der Waals surface area contributed by atoms with Crippen LogP contribution in [0.3, 0.4) is 0 Å². The highest BCUT2D eigenvalue weighted by molar-refractivity contribution is 7.10. The third-order valence-corrected chi connectivity index (χ3v) is 5.92. The van der Waals surface area contributed by atoms with Crippen LogP contribution in [-0.4, -0.2) is 31.6 Å². The lowest BCUT2D eigenvalue weighted by molar-refractivity contribution is -0.605. The van der Waals surface area contributed by atoms with Gasteiger partial charge in [0.25, 0.3) is 5.91 Å². The van der Waals surface area contributed by atoms with Crippen molar-refractivity contribution < 1.29 is 19.0 Å². The molecule has 0 bridgehead atoms. The van der Waals surface area contributed by atoms with Gasteiger partial charge in [0.15, 0.2) is 23.9 Å². The maximum atomic E-state index is 13.3. The number of ether oxygens (including phenoxy) is 2. The average Bonchev–Trinajstić information content (AvgIpc) is 3.26. The van der Waals surface area contributed by atoms with E-state index in [9.17, 15) is 10.0 Å². The highest BCUT2D eigenvalue weighted by atomic mass is 32.1. The summed E-state index contributed by atoms with van der Waals surface area (Å²) in [5.41, 5.74) is 2.68. The molecule has 0 saturated carbocycles. The highest BCUT2D eigenvalue weighted by Gasteiger charge is 2.34. The first-order valence-corrected chi connectivity index (χ1v) is 9.78. The molecule has 28 heavy (non-hydrogen) atoms. The Hall–Kier alpha value is -3.06. The van der Waals surface area contributed by atoms with Crippen LogP contribution in [-0.2, 0) is 6.42 Å². The van der Waals surface area contributed by atoms with Crippen molar-refractivity contribution >= 4 is 17.2 Å². The Bertz CT molecular complexity index is 986. The third-order valence-electron chi connectivity index (χ3n) is 5.00. The number of fused-ring (bicyclic) bond motifs is 1. The molecular formula is C21H20N2O4S. The summed E-state index contributed by atoms with van der Waals surface area (Å²) in [5.74, 6) is 1.23. The zero-order chi connectivity index (χ0) is 19.7. The molecule has 144 valence electrons. The smallest absolute Gasteiger partial charge is 0.255 e. The number of nitrogens with zero attached hydrogens (tertiary/aromatic N) is 2. The number of carbonyl (C=O) groups is 1. The largest absolute Gasteiger partial charge is 0.619 e. The maximum absolute atomic E-state index is 13.3. The number of benzene rings is 1. The van der Waals surface area contributed by atoms with E-state index < -0.39 is 0 Å². The normalized spacial score (nSPS) is 15.8. The molecule has 1 aliphatic heterocycles. The van der Waals surface area contributed by atoms with Crippen LogP contribution in [0.15, 0.2) is 54.2 Å². The van der Waals surface area contributed by atoms with Crippen LogP contribution in [0.2, 0.25) is 0 Å². The third kappa shape index (κ3) is 3.18. The summed E-state index contributed by atoms with van der Waals surface area (Å²) in [6.45, 7) is 0.580. The van der Waals surface area contributed by atoms with E-state index in [0.29, 0.717) is 28.3 Å². The number of hydrogen-bond acceptors (Lipinski definition) is 5. The van der Waals surface area contributed by atoms with Crippen molar-refractivity contribution in [3.05, 3.63) is 80.9 Å². The van der Waals surface area contributed by atoms with Gasteiger partial charge in [-0.3, -0.25) is 4.79 Å². The van der Waals surface area contributed by atoms with Gasteiger partial charge < -0.3 is 19.6 Å². The maximum Gasteiger partial charge on any atom is 0.255 e. The van der Waals surface area contributed by atoms with Gasteiger partial charge in [0.1, 0.15) is 0 Å². The fraction of sp³-hybridized carbons (Fsp3) is 0.238. The molecule has 1 atom stereocenters. The van der Waals surface area contributed by atoms with Crippen molar-refractivity contribution in [3.8, 4) is 11.5 Å². The zero-order valence-corrected chi connectivity index (χ0v) is 16.4. The number of carbonyl (C=O) groups excluding carboxylic acids is 1. The lowest BCUT2D eigenvalue weighted by atomic mass is 9.90. The number of thiophene rings is 1. The van der Waals surface area contributed by atoms with Gasteiger partial charge in [-0.15, -0.1) is 11.3 Å². The standard InChI is InChI=1S/C21H20N2O4S/c1-26-17-12-15-7-10-23(21(24)14-5-8-22(25)9-6-14)20(19-4-3-11-28-19)16(15)13-18(17)27-2/h3-6,8-9,11-13,20H,7,10H2,1-2H3/t20-/m0/s1. The van der Waals surface area contributed by atoms with Gasteiger partial charge in [-0.2, -0.15) is 4.73 Å². The molecule has 0 N–H and O–H groups in total. The number of aromatic nitrogens is 1. The zero-order valence-electron chi connectivity index (χ0n) is 15.6. The van der Waals surface area contributed by atoms with E-state index >= 15 is 0 Å². The predicted octanol–water partition coefficient (Wildman–Crippen LogP) is 3.19. The summed E-state index contributed by atoms with van der Waals surface area (Å²) in [6, 6.07) is 10.9. The van der Waals surface area contributed by atoms with Crippen LogP contribution in [0.25, 0.3) is 0 Å². The molecule has 0 radical (unpaired) electrons. The second kappa shape index (κ2) is 7.52. The van der Waals surface area contributed by atoms with Crippen molar-refractivity contribution in [1.29, 1.82) is 0 Å². The molecule has 0 spiro atoms. The molecule has 3 heterocycles. The van der Waals surface area contributed by atoms with E-state index in [1.165, 1.54) is 12.4 Å². The number of pyridine rings is 1. The van der Waals surface area contributed by atoms with Gasteiger partial charge >= 0.3 is 0 Å². The van der Waals surface area contributed by atoms with E-state index in [4.69, 9.17) is 9.47 Å². The van der Waals surface area contributed by atoms with E-state index in [2.05, 4.69) is 0 Å². The Morgan fingerprint density at radius 1 is 1.18 bits per heavy atom. The van der Waals surface area contributed by atoms with Crippen LogP contribution in [0.1, 0.15) is 32.4 Å². The number of amides is 1. The van der Waals surface area contributed by atoms with Crippen LogP contribution >= 0.6 is 11.3 Å². The molecular weight excluding hydrogens is 376 g/mol. The van der Waals surface area contributed by atoms with Gasteiger partial charge in [-0.25, -0.2) is 0 Å². The molecule has 0 unspecified atom stereocenters. The summed E-state index contributed by atoms with van der Waals surface area (Å²) in [6.07, 6.45) is 3.41. The highest BCUT2D eigenvalue weighted by Crippen LogP contribution is 2.42. The topological polar surface area (TPSA) is 65.7 Å². The fourth-order valence-corrected chi connectivity index (χ4v) is 4.49. The molecule has 1 aromatic carbocycles. The molecule has 2 aromatic heterocycles. The summed E-state index contributed by atoms with van der Waals surface area (Å²) in [4.78, 5) is 16.2. The molecule has 4 rings (SSSR count). The SMILES string of the molecule is COc1cc2c(cc1OC)[C@@H](c1cccs1)N(C(=O)c1cc[n+]([O-])cc1)CC2. The Kier molecular flexibility index (Phi) is 4.92. The molecule has 1 amide bonds. The second-order valence-corrected chi connectivity index (χ2v) is 7.50. The fourth-order valence-electron chi connectivity index (χ4n) is 3.64. The predicted molar refractivity (Wildman–Crippen MR) is 106 cm³/mol. The first kappa shape index (κ1) is 18.3. The molecule has 0 aliphatic carbocycles. The molecule has 7 heteroatoms. The summed E-state index contributed by atoms with van der Waals surface area (Å²) >= 11 is 1.62. The van der Waals surface area contributed by atoms with Crippen molar-refractivity contribution in [3.63, 3.8) is 0 Å². The Morgan fingerprint density at radius 2 is 1.89 bits per heavy atom. The number of hydrogen-bond donors (Lipinski definition) is 0. The summed E-state index contributed by atoms with van der Waals surface area (Å²) < 4.78 is 11.6. The van der Waals surface area contributed by atoms with Crippen LogP contribution in [0, 0.1) is 5.21 Å². The molecule has 0 fully saturated rings. The summed E-state index contributed by atoms with van der Waals surface area (Å²) in [5, 5.41) is 13.3. The average molecular weight is 396 g/mol. The van der Waals surface area contributed by atoms with E-state index in [1.807, 2.05) is 34.5 Å². The number of rotatable bonds is 4. The van der Waals surface area contributed by atoms with E-state index in [1.54, 1.807) is 37.7 Å². The number of methoxy groups -OCH3 is 2. The summed E-state index contributed by atoms with van der Waals surface area (Å²) in [7, 11) is 3.23. The van der Waals surface area contributed by atoms with Crippen molar-refractivity contribution in [2.45, 2.75) is 12.5 Å². The van der Waals surface area contributed by atoms with Crippen molar-refractivity contribution in [2.24, 2.45) is 0 Å². The Labute approximate surface area is 167 Å².